The Morgan fingerprint density at radius 1 is 1.33 bits per heavy atom. The van der Waals surface area contributed by atoms with Crippen LogP contribution in [0.15, 0.2) is 18.5 Å². The maximum absolute atomic E-state index is 4.08. The summed E-state index contributed by atoms with van der Waals surface area (Å²) < 4.78 is 0. The highest BCUT2D eigenvalue weighted by atomic mass is 15.1. The van der Waals surface area contributed by atoms with E-state index in [1.54, 1.807) is 12.4 Å². The van der Waals surface area contributed by atoms with Crippen molar-refractivity contribution in [2.75, 3.05) is 0 Å². The van der Waals surface area contributed by atoms with Crippen LogP contribution in [0, 0.1) is 6.92 Å². The molecule has 2 aromatic heterocycles. The lowest BCUT2D eigenvalue weighted by atomic mass is 10.2. The molecule has 0 aliphatic rings. The largest absolute Gasteiger partial charge is 0.261 e. The number of aromatic nitrogens is 3. The van der Waals surface area contributed by atoms with Crippen molar-refractivity contribution in [1.29, 1.82) is 0 Å². The Bertz CT molecular complexity index is 351. The van der Waals surface area contributed by atoms with E-state index in [2.05, 4.69) is 15.2 Å². The van der Waals surface area contributed by atoms with Gasteiger partial charge in [-0.15, -0.1) is 0 Å². The molecule has 1 N–H and O–H groups in total. The van der Waals surface area contributed by atoms with E-state index >= 15 is 0 Å². The van der Waals surface area contributed by atoms with Crippen LogP contribution >= 0.6 is 0 Å². The van der Waals surface area contributed by atoms with Gasteiger partial charge in [0.1, 0.15) is 0 Å². The molecule has 0 aliphatic carbocycles. The molecule has 0 saturated heterocycles. The number of aromatic amines is 1. The first kappa shape index (κ1) is 8.71. The van der Waals surface area contributed by atoms with Crippen molar-refractivity contribution in [3.8, 4) is 0 Å². The molecule has 3 heteroatoms. The van der Waals surface area contributed by atoms with Crippen LogP contribution in [0.25, 0.3) is 11.0 Å². The molecule has 2 aromatic rings. The van der Waals surface area contributed by atoms with Gasteiger partial charge in [0.05, 0.1) is 6.20 Å². The predicted octanol–water partition coefficient (Wildman–Crippen LogP) is 2.29. The van der Waals surface area contributed by atoms with E-state index in [-0.39, 0.29) is 0 Å². The van der Waals surface area contributed by atoms with E-state index in [9.17, 15) is 0 Å². The van der Waals surface area contributed by atoms with E-state index in [0.717, 1.165) is 11.0 Å². The Hall–Kier alpha value is -1.38. The van der Waals surface area contributed by atoms with Crippen molar-refractivity contribution in [2.45, 2.75) is 20.8 Å². The minimum absolute atomic E-state index is 0.861. The van der Waals surface area contributed by atoms with Gasteiger partial charge in [0.15, 0.2) is 5.65 Å². The summed E-state index contributed by atoms with van der Waals surface area (Å²) in [5.41, 5.74) is 2.07. The number of hydrogen-bond acceptors (Lipinski definition) is 2. The minimum atomic E-state index is 0.861. The molecule has 0 spiro atoms. The number of H-pyrrole nitrogens is 1. The van der Waals surface area contributed by atoms with Crippen LogP contribution < -0.4 is 0 Å². The lowest BCUT2D eigenvalue weighted by Gasteiger charge is -1.89. The van der Waals surface area contributed by atoms with Crippen LogP contribution in [-0.4, -0.2) is 15.2 Å². The number of pyridine rings is 1. The van der Waals surface area contributed by atoms with Crippen LogP contribution in [0.5, 0.6) is 0 Å². The quantitative estimate of drug-likeness (QED) is 0.647. The number of nitrogens with zero attached hydrogens (tertiary/aromatic N) is 2. The fourth-order valence-corrected chi connectivity index (χ4v) is 0.980. The second kappa shape index (κ2) is 3.85. The third-order valence-electron chi connectivity index (χ3n) is 1.57. The Kier molecular flexibility index (Phi) is 2.80. The topological polar surface area (TPSA) is 41.6 Å². The molecular formula is C9H13N3. The zero-order chi connectivity index (χ0) is 8.97. The zero-order valence-electron chi connectivity index (χ0n) is 7.63. The Balaban J connectivity index is 0.000000336. The van der Waals surface area contributed by atoms with Gasteiger partial charge in [-0.05, 0) is 18.6 Å². The summed E-state index contributed by atoms with van der Waals surface area (Å²) >= 11 is 0. The first-order valence-electron chi connectivity index (χ1n) is 4.12. The summed E-state index contributed by atoms with van der Waals surface area (Å²) in [6.45, 7) is 6.04. The van der Waals surface area contributed by atoms with E-state index in [1.807, 2.05) is 26.8 Å². The summed E-state index contributed by atoms with van der Waals surface area (Å²) in [6, 6.07) is 1.97. The van der Waals surface area contributed by atoms with Crippen LogP contribution in [0.2, 0.25) is 0 Å². The molecule has 0 aliphatic heterocycles. The second-order valence-corrected chi connectivity index (χ2v) is 2.26. The molecular weight excluding hydrogens is 150 g/mol. The summed E-state index contributed by atoms with van der Waals surface area (Å²) in [5, 5.41) is 7.77. The molecule has 0 radical (unpaired) electrons. The smallest absolute Gasteiger partial charge is 0.155 e. The second-order valence-electron chi connectivity index (χ2n) is 2.26. The molecule has 0 unspecified atom stereocenters. The minimum Gasteiger partial charge on any atom is -0.261 e. The summed E-state index contributed by atoms with van der Waals surface area (Å²) in [6.07, 6.45) is 3.56. The van der Waals surface area contributed by atoms with Crippen LogP contribution in [-0.2, 0) is 0 Å². The molecule has 0 fully saturated rings. The average Bonchev–Trinajstić information content (AvgIpc) is 2.57. The molecule has 12 heavy (non-hydrogen) atoms. The summed E-state index contributed by atoms with van der Waals surface area (Å²) in [5.74, 6) is 0. The van der Waals surface area contributed by atoms with E-state index in [0.29, 0.717) is 0 Å². The van der Waals surface area contributed by atoms with Crippen molar-refractivity contribution < 1.29 is 0 Å². The van der Waals surface area contributed by atoms with E-state index in [4.69, 9.17) is 0 Å². The molecule has 0 saturated carbocycles. The molecule has 2 heterocycles. The molecule has 0 aromatic carbocycles. The summed E-state index contributed by atoms with van der Waals surface area (Å²) in [7, 11) is 0. The first-order chi connectivity index (χ1) is 5.88. The Morgan fingerprint density at radius 3 is 2.75 bits per heavy atom. The normalized spacial score (nSPS) is 9.25. The highest BCUT2D eigenvalue weighted by Crippen LogP contribution is 2.10. The van der Waals surface area contributed by atoms with Gasteiger partial charge >= 0.3 is 0 Å². The fourth-order valence-electron chi connectivity index (χ4n) is 0.980. The fraction of sp³-hybridized carbons (Fsp3) is 0.333. The number of nitrogens with one attached hydrogen (secondary N) is 1. The van der Waals surface area contributed by atoms with Crippen LogP contribution in [0.1, 0.15) is 19.4 Å². The monoisotopic (exact) mass is 163 g/mol. The third kappa shape index (κ3) is 1.44. The van der Waals surface area contributed by atoms with Crippen molar-refractivity contribution >= 4 is 11.0 Å². The van der Waals surface area contributed by atoms with Gasteiger partial charge in [0, 0.05) is 11.6 Å². The standard InChI is InChI=1S/C7H7N3.C2H6/c1-5-2-3-8-7-6(5)4-9-10-7;1-2/h2-4H,1H3,(H,8,9,10);1-2H3. The number of rotatable bonds is 0. The van der Waals surface area contributed by atoms with Crippen LogP contribution in [0.3, 0.4) is 0 Å². The van der Waals surface area contributed by atoms with Gasteiger partial charge in [-0.2, -0.15) is 5.10 Å². The highest BCUT2D eigenvalue weighted by molar-refractivity contribution is 5.77. The lowest BCUT2D eigenvalue weighted by Crippen LogP contribution is -1.77. The molecule has 0 atom stereocenters. The summed E-state index contributed by atoms with van der Waals surface area (Å²) in [4.78, 5) is 4.08. The number of hydrogen-bond donors (Lipinski definition) is 1. The third-order valence-corrected chi connectivity index (χ3v) is 1.57. The van der Waals surface area contributed by atoms with Gasteiger partial charge in [-0.1, -0.05) is 13.8 Å². The SMILES string of the molecule is CC.Cc1ccnc2[nH]ncc12. The van der Waals surface area contributed by atoms with Crippen molar-refractivity contribution in [1.82, 2.24) is 15.2 Å². The molecule has 3 nitrogen and oxygen atoms in total. The maximum atomic E-state index is 4.08. The van der Waals surface area contributed by atoms with E-state index < -0.39 is 0 Å². The average molecular weight is 163 g/mol. The van der Waals surface area contributed by atoms with Gasteiger partial charge in [-0.3, -0.25) is 5.10 Å². The van der Waals surface area contributed by atoms with Crippen molar-refractivity contribution in [2.24, 2.45) is 0 Å². The Morgan fingerprint density at radius 2 is 2.08 bits per heavy atom. The predicted molar refractivity (Wildman–Crippen MR) is 50.0 cm³/mol. The first-order valence-corrected chi connectivity index (χ1v) is 4.12. The van der Waals surface area contributed by atoms with Gasteiger partial charge in [0.25, 0.3) is 0 Å². The molecule has 0 bridgehead atoms. The van der Waals surface area contributed by atoms with Crippen molar-refractivity contribution in [3.05, 3.63) is 24.0 Å². The van der Waals surface area contributed by atoms with Crippen molar-refractivity contribution in [3.63, 3.8) is 0 Å². The van der Waals surface area contributed by atoms with Crippen LogP contribution in [0.4, 0.5) is 0 Å². The zero-order valence-corrected chi connectivity index (χ0v) is 7.63. The lowest BCUT2D eigenvalue weighted by molar-refractivity contribution is 1.10. The number of fused-ring (bicyclic) bond motifs is 1. The molecule has 2 rings (SSSR count). The van der Waals surface area contributed by atoms with Gasteiger partial charge < -0.3 is 0 Å². The van der Waals surface area contributed by atoms with Gasteiger partial charge in [0.2, 0.25) is 0 Å². The Labute approximate surface area is 71.8 Å². The van der Waals surface area contributed by atoms with E-state index in [1.165, 1.54) is 5.56 Å². The maximum Gasteiger partial charge on any atom is 0.155 e. The molecule has 0 amide bonds. The highest BCUT2D eigenvalue weighted by Gasteiger charge is 1.96. The number of aryl methyl sites for hydroxylation is 1. The molecule has 64 valence electrons. The van der Waals surface area contributed by atoms with Gasteiger partial charge in [-0.25, -0.2) is 4.98 Å².